The molecule has 7 heteroatoms. The Morgan fingerprint density at radius 2 is 2.14 bits per heavy atom. The van der Waals surface area contributed by atoms with Gasteiger partial charge >= 0.3 is 0 Å². The van der Waals surface area contributed by atoms with Crippen LogP contribution in [0.5, 0.6) is 5.75 Å². The van der Waals surface area contributed by atoms with Gasteiger partial charge in [-0.25, -0.2) is 0 Å². The van der Waals surface area contributed by atoms with Crippen molar-refractivity contribution in [3.05, 3.63) is 52.2 Å². The van der Waals surface area contributed by atoms with Crippen molar-refractivity contribution in [1.82, 2.24) is 10.2 Å². The lowest BCUT2D eigenvalue weighted by atomic mass is 10.1. The normalized spacial score (nSPS) is 17.6. The predicted octanol–water partition coefficient (Wildman–Crippen LogP) is 2.99. The highest BCUT2D eigenvalue weighted by Gasteiger charge is 2.34. The molecule has 0 saturated carbocycles. The minimum absolute atomic E-state index is 0.0429. The van der Waals surface area contributed by atoms with Crippen LogP contribution in [0.25, 0.3) is 0 Å². The highest BCUT2D eigenvalue weighted by Crippen LogP contribution is 2.23. The maximum atomic E-state index is 12.6. The molecule has 0 radical (unpaired) electrons. The van der Waals surface area contributed by atoms with Gasteiger partial charge in [0.2, 0.25) is 5.91 Å². The fourth-order valence-corrected chi connectivity index (χ4v) is 4.00. The second-order valence-electron chi connectivity index (χ2n) is 7.13. The first-order valence-electron chi connectivity index (χ1n) is 9.52. The zero-order valence-corrected chi connectivity index (χ0v) is 16.9. The molecule has 0 bridgehead atoms. The fourth-order valence-electron chi connectivity index (χ4n) is 3.32. The van der Waals surface area contributed by atoms with Crippen LogP contribution in [0.4, 0.5) is 0 Å². The lowest BCUT2D eigenvalue weighted by Crippen LogP contribution is -2.46. The third-order valence-electron chi connectivity index (χ3n) is 4.63. The Balaban J connectivity index is 1.58. The van der Waals surface area contributed by atoms with Gasteiger partial charge in [-0.15, -0.1) is 11.3 Å². The molecule has 2 aromatic rings. The van der Waals surface area contributed by atoms with Crippen molar-refractivity contribution in [2.24, 2.45) is 0 Å². The Morgan fingerprint density at radius 3 is 2.86 bits per heavy atom. The third kappa shape index (κ3) is 4.91. The van der Waals surface area contributed by atoms with E-state index >= 15 is 0 Å². The van der Waals surface area contributed by atoms with Crippen molar-refractivity contribution in [3.8, 4) is 5.75 Å². The summed E-state index contributed by atoms with van der Waals surface area (Å²) in [5.74, 6) is 0.351. The van der Waals surface area contributed by atoms with E-state index in [-0.39, 0.29) is 24.5 Å². The second kappa shape index (κ2) is 9.21. The molecule has 2 N–H and O–H groups in total. The molecule has 1 saturated heterocycles. The van der Waals surface area contributed by atoms with E-state index in [9.17, 15) is 14.7 Å². The number of aliphatic hydroxyl groups excluding tert-OH is 1. The number of nitrogens with one attached hydrogen (secondary N) is 1. The van der Waals surface area contributed by atoms with Crippen LogP contribution in [0.2, 0.25) is 0 Å². The number of amides is 2. The summed E-state index contributed by atoms with van der Waals surface area (Å²) in [6.45, 7) is 4.54. The minimum atomic E-state index is -0.845. The van der Waals surface area contributed by atoms with Crippen molar-refractivity contribution < 1.29 is 19.4 Å². The predicted molar refractivity (Wildman–Crippen MR) is 109 cm³/mol. The Kier molecular flexibility index (Phi) is 6.70. The highest BCUT2D eigenvalue weighted by atomic mass is 32.1. The van der Waals surface area contributed by atoms with Crippen LogP contribution < -0.4 is 10.1 Å². The Morgan fingerprint density at radius 1 is 1.32 bits per heavy atom. The highest BCUT2D eigenvalue weighted by molar-refractivity contribution is 7.12. The third-order valence-corrected chi connectivity index (χ3v) is 5.49. The van der Waals surface area contributed by atoms with Crippen LogP contribution in [0.3, 0.4) is 0 Å². The molecule has 1 aromatic carbocycles. The molecule has 2 heterocycles. The van der Waals surface area contributed by atoms with Gasteiger partial charge in [0.1, 0.15) is 11.8 Å². The summed E-state index contributed by atoms with van der Waals surface area (Å²) in [5.41, 5.74) is 0.677. The van der Waals surface area contributed by atoms with E-state index in [0.717, 1.165) is 6.42 Å². The summed E-state index contributed by atoms with van der Waals surface area (Å²) in [6, 6.07) is 10.3. The van der Waals surface area contributed by atoms with Gasteiger partial charge in [0.05, 0.1) is 17.1 Å². The Labute approximate surface area is 169 Å². The maximum absolute atomic E-state index is 12.6. The molecule has 6 nitrogen and oxygen atoms in total. The molecule has 3 rings (SSSR count). The average Bonchev–Trinajstić information content (AvgIpc) is 3.36. The van der Waals surface area contributed by atoms with Gasteiger partial charge in [-0.2, -0.15) is 0 Å². The van der Waals surface area contributed by atoms with Crippen LogP contribution in [0, 0.1) is 0 Å². The lowest BCUT2D eigenvalue weighted by Gasteiger charge is -2.24. The van der Waals surface area contributed by atoms with Gasteiger partial charge in [0, 0.05) is 13.1 Å². The first kappa shape index (κ1) is 20.4. The number of hydrogen-bond donors (Lipinski definition) is 2. The number of benzene rings is 1. The summed E-state index contributed by atoms with van der Waals surface area (Å²) < 4.78 is 5.65. The lowest BCUT2D eigenvalue weighted by molar-refractivity contribution is -0.125. The molecular formula is C21H26N2O4S. The Bertz CT molecular complexity index is 806. The minimum Gasteiger partial charge on any atom is -0.491 e. The van der Waals surface area contributed by atoms with Gasteiger partial charge in [-0.3, -0.25) is 9.59 Å². The molecular weight excluding hydrogens is 376 g/mol. The molecule has 28 heavy (non-hydrogen) atoms. The van der Waals surface area contributed by atoms with E-state index in [1.165, 1.54) is 11.3 Å². The molecule has 2 amide bonds. The summed E-state index contributed by atoms with van der Waals surface area (Å²) in [5, 5.41) is 15.1. The van der Waals surface area contributed by atoms with E-state index in [2.05, 4.69) is 5.32 Å². The number of aliphatic hydroxyl groups is 1. The molecule has 1 aliphatic heterocycles. The first-order valence-corrected chi connectivity index (χ1v) is 10.4. The summed E-state index contributed by atoms with van der Waals surface area (Å²) in [4.78, 5) is 27.5. The molecule has 0 spiro atoms. The fraction of sp³-hybridized carbons (Fsp3) is 0.429. The number of hydrogen-bond acceptors (Lipinski definition) is 5. The maximum Gasteiger partial charge on any atom is 0.264 e. The smallest absolute Gasteiger partial charge is 0.264 e. The van der Waals surface area contributed by atoms with E-state index in [4.69, 9.17) is 4.74 Å². The number of thiophene rings is 1. The van der Waals surface area contributed by atoms with Gasteiger partial charge in [-0.1, -0.05) is 18.2 Å². The molecule has 1 aromatic heterocycles. The topological polar surface area (TPSA) is 78.9 Å². The van der Waals surface area contributed by atoms with Crippen LogP contribution in [-0.2, 0) is 4.79 Å². The summed E-state index contributed by atoms with van der Waals surface area (Å²) in [6.07, 6.45) is 0.632. The van der Waals surface area contributed by atoms with Crippen molar-refractivity contribution in [1.29, 1.82) is 0 Å². The summed E-state index contributed by atoms with van der Waals surface area (Å²) >= 11 is 1.38. The number of likely N-dealkylation sites (tertiary alicyclic amines) is 1. The van der Waals surface area contributed by atoms with Gasteiger partial charge in [0.25, 0.3) is 5.91 Å². The van der Waals surface area contributed by atoms with Crippen LogP contribution >= 0.6 is 11.3 Å². The monoisotopic (exact) mass is 402 g/mol. The molecule has 150 valence electrons. The SMILES string of the molecule is CC(C)Oc1cccc(C(O)CNC(=O)[C@@H]2CCCN2C(=O)c2cccs2)c1. The van der Waals surface area contributed by atoms with E-state index < -0.39 is 12.1 Å². The number of nitrogens with zero attached hydrogens (tertiary/aromatic N) is 1. The van der Waals surface area contributed by atoms with E-state index in [0.29, 0.717) is 29.2 Å². The molecule has 1 unspecified atom stereocenters. The van der Waals surface area contributed by atoms with Gasteiger partial charge in [0.15, 0.2) is 0 Å². The van der Waals surface area contributed by atoms with Crippen LogP contribution in [-0.4, -0.2) is 47.1 Å². The zero-order valence-electron chi connectivity index (χ0n) is 16.1. The van der Waals surface area contributed by atoms with Crippen molar-refractivity contribution in [2.75, 3.05) is 13.1 Å². The van der Waals surface area contributed by atoms with E-state index in [1.807, 2.05) is 37.4 Å². The number of rotatable bonds is 7. The van der Waals surface area contributed by atoms with Crippen LogP contribution in [0.15, 0.2) is 41.8 Å². The molecule has 1 fully saturated rings. The molecule has 2 atom stereocenters. The van der Waals surface area contributed by atoms with Gasteiger partial charge in [-0.05, 0) is 55.8 Å². The van der Waals surface area contributed by atoms with Crippen molar-refractivity contribution in [2.45, 2.75) is 44.9 Å². The number of carbonyl (C=O) groups is 2. The van der Waals surface area contributed by atoms with Crippen molar-refractivity contribution in [3.63, 3.8) is 0 Å². The van der Waals surface area contributed by atoms with Crippen molar-refractivity contribution >= 4 is 23.2 Å². The Hall–Kier alpha value is -2.38. The molecule has 0 aliphatic carbocycles. The van der Waals surface area contributed by atoms with Gasteiger partial charge < -0.3 is 20.1 Å². The largest absolute Gasteiger partial charge is 0.491 e. The number of ether oxygens (including phenoxy) is 1. The first-order chi connectivity index (χ1) is 13.5. The van der Waals surface area contributed by atoms with E-state index in [1.54, 1.807) is 23.1 Å². The zero-order chi connectivity index (χ0) is 20.1. The quantitative estimate of drug-likeness (QED) is 0.746. The average molecular weight is 403 g/mol. The summed E-state index contributed by atoms with van der Waals surface area (Å²) in [7, 11) is 0. The second-order valence-corrected chi connectivity index (χ2v) is 8.08. The molecule has 1 aliphatic rings. The standard InChI is InChI=1S/C21H26N2O4S/c1-14(2)27-16-7-3-6-15(12-16)18(24)13-22-20(25)17-8-4-10-23(17)21(26)19-9-5-11-28-19/h3,5-7,9,11-12,14,17-18,24H,4,8,10,13H2,1-2H3,(H,22,25)/t17-,18?/m0/s1. The van der Waals surface area contributed by atoms with Crippen LogP contribution in [0.1, 0.15) is 48.0 Å². The number of carbonyl (C=O) groups excluding carboxylic acids is 2.